The van der Waals surface area contributed by atoms with Crippen molar-refractivity contribution in [1.29, 1.82) is 0 Å². The van der Waals surface area contributed by atoms with Gasteiger partial charge in [-0.2, -0.15) is 0 Å². The third kappa shape index (κ3) is 2.41. The summed E-state index contributed by atoms with van der Waals surface area (Å²) in [6.07, 6.45) is 5.19. The third-order valence-corrected chi connectivity index (χ3v) is 3.14. The lowest BCUT2D eigenvalue weighted by Gasteiger charge is -2.08. The number of fused-ring (bicyclic) bond motifs is 1. The van der Waals surface area contributed by atoms with E-state index in [2.05, 4.69) is 31.2 Å². The van der Waals surface area contributed by atoms with E-state index in [9.17, 15) is 4.39 Å². The molecule has 0 aliphatic carbocycles. The number of nitrogens with one attached hydrogen (secondary N) is 1. The Morgan fingerprint density at radius 3 is 3.05 bits per heavy atom. The van der Waals surface area contributed by atoms with Crippen LogP contribution in [-0.4, -0.2) is 14.4 Å². The molecule has 0 bridgehead atoms. The zero-order valence-corrected chi connectivity index (χ0v) is 11.8. The Morgan fingerprint density at radius 2 is 2.21 bits per heavy atom. The smallest absolute Gasteiger partial charge is 0.180 e. The standard InChI is InChI=1S/C12H7BrClFN4/c13-10-6-19-4-3-16-12(19)11(18-10)17-9-5-7(14)1-2-8(9)15/h1-6H,(H,17,18). The molecule has 0 unspecified atom stereocenters. The van der Waals surface area contributed by atoms with Crippen LogP contribution in [0.5, 0.6) is 0 Å². The van der Waals surface area contributed by atoms with Gasteiger partial charge in [-0.3, -0.25) is 0 Å². The molecule has 0 saturated carbocycles. The number of aromatic nitrogens is 3. The van der Waals surface area contributed by atoms with Crippen LogP contribution in [0, 0.1) is 5.82 Å². The normalized spacial score (nSPS) is 10.9. The van der Waals surface area contributed by atoms with Crippen molar-refractivity contribution in [2.24, 2.45) is 0 Å². The van der Waals surface area contributed by atoms with Crippen LogP contribution in [0.15, 0.2) is 41.4 Å². The van der Waals surface area contributed by atoms with E-state index in [0.29, 0.717) is 21.1 Å². The van der Waals surface area contributed by atoms with Gasteiger partial charge in [0.2, 0.25) is 0 Å². The van der Waals surface area contributed by atoms with Crippen molar-refractivity contribution in [2.45, 2.75) is 0 Å². The topological polar surface area (TPSA) is 42.2 Å². The predicted octanol–water partition coefficient (Wildman–Crippen LogP) is 4.03. The summed E-state index contributed by atoms with van der Waals surface area (Å²) in [6, 6.07) is 4.28. The van der Waals surface area contributed by atoms with Crippen molar-refractivity contribution < 1.29 is 4.39 Å². The van der Waals surface area contributed by atoms with Gasteiger partial charge in [0.05, 0.1) is 5.69 Å². The van der Waals surface area contributed by atoms with E-state index < -0.39 is 5.82 Å². The molecule has 7 heteroatoms. The summed E-state index contributed by atoms with van der Waals surface area (Å²) in [5.74, 6) is 0.0384. The molecule has 4 nitrogen and oxygen atoms in total. The molecule has 3 rings (SSSR count). The highest BCUT2D eigenvalue weighted by molar-refractivity contribution is 9.10. The van der Waals surface area contributed by atoms with Crippen molar-refractivity contribution >= 4 is 44.7 Å². The van der Waals surface area contributed by atoms with Crippen LogP contribution in [-0.2, 0) is 0 Å². The van der Waals surface area contributed by atoms with E-state index in [0.717, 1.165) is 0 Å². The number of benzene rings is 1. The summed E-state index contributed by atoms with van der Waals surface area (Å²) in [6.45, 7) is 0. The van der Waals surface area contributed by atoms with E-state index in [1.165, 1.54) is 18.2 Å². The molecule has 2 heterocycles. The van der Waals surface area contributed by atoms with Gasteiger partial charge in [-0.25, -0.2) is 14.4 Å². The average Bonchev–Trinajstić information content (AvgIpc) is 2.82. The lowest BCUT2D eigenvalue weighted by atomic mass is 10.3. The number of anilines is 2. The Labute approximate surface area is 121 Å². The van der Waals surface area contributed by atoms with Crippen LogP contribution in [0.1, 0.15) is 0 Å². The maximum absolute atomic E-state index is 13.7. The highest BCUT2D eigenvalue weighted by Gasteiger charge is 2.09. The summed E-state index contributed by atoms with van der Waals surface area (Å²) in [7, 11) is 0. The number of hydrogen-bond donors (Lipinski definition) is 1. The highest BCUT2D eigenvalue weighted by Crippen LogP contribution is 2.25. The molecular formula is C12H7BrClFN4. The fraction of sp³-hybridized carbons (Fsp3) is 0. The summed E-state index contributed by atoms with van der Waals surface area (Å²) >= 11 is 9.15. The molecule has 0 saturated heterocycles. The van der Waals surface area contributed by atoms with Crippen molar-refractivity contribution in [1.82, 2.24) is 14.4 Å². The van der Waals surface area contributed by atoms with E-state index >= 15 is 0 Å². The van der Waals surface area contributed by atoms with Gasteiger partial charge in [-0.1, -0.05) is 11.6 Å². The largest absolute Gasteiger partial charge is 0.335 e. The van der Waals surface area contributed by atoms with Gasteiger partial charge in [0.25, 0.3) is 0 Å². The quantitative estimate of drug-likeness (QED) is 0.765. The molecule has 0 atom stereocenters. The first-order valence-electron chi connectivity index (χ1n) is 5.35. The first-order valence-corrected chi connectivity index (χ1v) is 6.52. The van der Waals surface area contributed by atoms with Crippen LogP contribution in [0.25, 0.3) is 5.65 Å². The zero-order chi connectivity index (χ0) is 13.4. The van der Waals surface area contributed by atoms with Crippen LogP contribution >= 0.6 is 27.5 Å². The lowest BCUT2D eigenvalue weighted by molar-refractivity contribution is 0.632. The van der Waals surface area contributed by atoms with Gasteiger partial charge < -0.3 is 9.72 Å². The Bertz CT molecular complexity index is 759. The first kappa shape index (κ1) is 12.4. The molecule has 1 N–H and O–H groups in total. The molecule has 0 fully saturated rings. The van der Waals surface area contributed by atoms with Crippen molar-refractivity contribution in [2.75, 3.05) is 5.32 Å². The molecule has 2 aromatic heterocycles. The van der Waals surface area contributed by atoms with E-state index in [1.54, 1.807) is 23.0 Å². The van der Waals surface area contributed by atoms with Gasteiger partial charge in [0.1, 0.15) is 10.4 Å². The second-order valence-corrected chi connectivity index (χ2v) is 5.07. The van der Waals surface area contributed by atoms with Crippen LogP contribution < -0.4 is 5.32 Å². The Kier molecular flexibility index (Phi) is 3.12. The van der Waals surface area contributed by atoms with Gasteiger partial charge in [-0.15, -0.1) is 0 Å². The summed E-state index contributed by atoms with van der Waals surface area (Å²) in [5, 5.41) is 3.34. The first-order chi connectivity index (χ1) is 9.13. The van der Waals surface area contributed by atoms with Crippen LogP contribution in [0.4, 0.5) is 15.9 Å². The fourth-order valence-electron chi connectivity index (χ4n) is 1.71. The van der Waals surface area contributed by atoms with Gasteiger partial charge in [0.15, 0.2) is 11.5 Å². The third-order valence-electron chi connectivity index (χ3n) is 2.53. The van der Waals surface area contributed by atoms with Gasteiger partial charge in [-0.05, 0) is 34.1 Å². The average molecular weight is 342 g/mol. The number of nitrogens with zero attached hydrogens (tertiary/aromatic N) is 3. The molecule has 0 amide bonds. The fourth-order valence-corrected chi connectivity index (χ4v) is 2.28. The number of imidazole rings is 1. The minimum atomic E-state index is -0.407. The predicted molar refractivity (Wildman–Crippen MR) is 75.4 cm³/mol. The van der Waals surface area contributed by atoms with Crippen LogP contribution in [0.3, 0.4) is 0 Å². The summed E-state index contributed by atoms with van der Waals surface area (Å²) in [5.41, 5.74) is 0.852. The van der Waals surface area contributed by atoms with E-state index in [-0.39, 0.29) is 5.69 Å². The maximum atomic E-state index is 13.7. The number of halogens is 3. The summed E-state index contributed by atoms with van der Waals surface area (Å²) in [4.78, 5) is 8.42. The zero-order valence-electron chi connectivity index (χ0n) is 9.44. The Balaban J connectivity index is 2.10. The number of hydrogen-bond acceptors (Lipinski definition) is 3. The van der Waals surface area contributed by atoms with Gasteiger partial charge >= 0.3 is 0 Å². The second-order valence-electron chi connectivity index (χ2n) is 3.82. The molecule has 19 heavy (non-hydrogen) atoms. The van der Waals surface area contributed by atoms with E-state index in [1.807, 2.05) is 0 Å². The highest BCUT2D eigenvalue weighted by atomic mass is 79.9. The molecule has 0 spiro atoms. The molecule has 1 aromatic carbocycles. The van der Waals surface area contributed by atoms with Crippen molar-refractivity contribution in [3.63, 3.8) is 0 Å². The monoisotopic (exact) mass is 340 g/mol. The SMILES string of the molecule is Fc1ccc(Cl)cc1Nc1nc(Br)cn2ccnc12. The molecule has 3 aromatic rings. The minimum absolute atomic E-state index is 0.253. The minimum Gasteiger partial charge on any atom is -0.335 e. The maximum Gasteiger partial charge on any atom is 0.180 e. The second kappa shape index (κ2) is 4.79. The van der Waals surface area contributed by atoms with E-state index in [4.69, 9.17) is 11.6 Å². The van der Waals surface area contributed by atoms with Gasteiger partial charge in [0, 0.05) is 23.6 Å². The summed E-state index contributed by atoms with van der Waals surface area (Å²) < 4.78 is 16.1. The van der Waals surface area contributed by atoms with Crippen LogP contribution in [0.2, 0.25) is 5.02 Å². The number of rotatable bonds is 2. The molecule has 0 aliphatic rings. The van der Waals surface area contributed by atoms with Crippen molar-refractivity contribution in [3.8, 4) is 0 Å². The molecule has 96 valence electrons. The Hall–Kier alpha value is -1.66. The molecule has 0 aliphatic heterocycles. The lowest BCUT2D eigenvalue weighted by Crippen LogP contribution is -2.00. The van der Waals surface area contributed by atoms with Crippen molar-refractivity contribution in [3.05, 3.63) is 52.2 Å². The molecular weight excluding hydrogens is 335 g/mol. The Morgan fingerprint density at radius 1 is 1.37 bits per heavy atom. The molecule has 0 radical (unpaired) electrons.